The van der Waals surface area contributed by atoms with Gasteiger partial charge in [-0.3, -0.25) is 9.78 Å². The van der Waals surface area contributed by atoms with Gasteiger partial charge < -0.3 is 10.2 Å². The first-order valence-corrected chi connectivity index (χ1v) is 9.54. The molecular formula is C22H25FN4O. The van der Waals surface area contributed by atoms with E-state index < -0.39 is 0 Å². The zero-order chi connectivity index (χ0) is 20.1. The first kappa shape index (κ1) is 19.8. The fourth-order valence-corrected chi connectivity index (χ4v) is 3.52. The normalized spacial score (nSPS) is 15.1. The second-order valence-electron chi connectivity index (χ2n) is 7.86. The Morgan fingerprint density at radius 2 is 2.07 bits per heavy atom. The van der Waals surface area contributed by atoms with Gasteiger partial charge in [-0.2, -0.15) is 5.26 Å². The van der Waals surface area contributed by atoms with Crippen LogP contribution in [-0.4, -0.2) is 30.5 Å². The van der Waals surface area contributed by atoms with Crippen molar-refractivity contribution in [2.75, 3.05) is 24.5 Å². The van der Waals surface area contributed by atoms with E-state index in [0.717, 1.165) is 5.69 Å². The van der Waals surface area contributed by atoms with E-state index in [1.807, 2.05) is 29.2 Å². The Morgan fingerprint density at radius 1 is 1.32 bits per heavy atom. The van der Waals surface area contributed by atoms with Crippen LogP contribution in [0.1, 0.15) is 37.9 Å². The number of hydrogen-bond donors (Lipinski definition) is 1. The number of aromatic nitrogens is 1. The number of carbonyl (C=O) groups excluding carboxylic acids is 1. The fourth-order valence-electron chi connectivity index (χ4n) is 3.52. The highest BCUT2D eigenvalue weighted by Gasteiger charge is 2.28. The molecule has 3 rings (SSSR count). The first-order chi connectivity index (χ1) is 13.4. The van der Waals surface area contributed by atoms with E-state index in [4.69, 9.17) is 5.26 Å². The van der Waals surface area contributed by atoms with Gasteiger partial charge in [0.05, 0.1) is 17.3 Å². The molecule has 1 amide bonds. The molecule has 5 nitrogen and oxygen atoms in total. The molecule has 146 valence electrons. The van der Waals surface area contributed by atoms with Gasteiger partial charge in [0.15, 0.2) is 0 Å². The number of anilines is 1. The summed E-state index contributed by atoms with van der Waals surface area (Å²) in [5.41, 5.74) is 1.50. The minimum absolute atomic E-state index is 0.0453. The molecule has 1 saturated heterocycles. The van der Waals surface area contributed by atoms with Crippen LogP contribution in [0.3, 0.4) is 0 Å². The van der Waals surface area contributed by atoms with Crippen LogP contribution >= 0.6 is 0 Å². The van der Waals surface area contributed by atoms with E-state index in [0.29, 0.717) is 43.7 Å². The van der Waals surface area contributed by atoms with Crippen LogP contribution in [0, 0.1) is 23.1 Å². The predicted molar refractivity (Wildman–Crippen MR) is 106 cm³/mol. The summed E-state index contributed by atoms with van der Waals surface area (Å²) in [5, 5.41) is 11.9. The van der Waals surface area contributed by atoms with Gasteiger partial charge in [0, 0.05) is 42.9 Å². The minimum atomic E-state index is -0.390. The van der Waals surface area contributed by atoms with Crippen molar-refractivity contribution in [1.82, 2.24) is 10.3 Å². The lowest BCUT2D eigenvalue weighted by atomic mass is 9.88. The summed E-state index contributed by atoms with van der Waals surface area (Å²) < 4.78 is 14.2. The monoisotopic (exact) mass is 380 g/mol. The lowest BCUT2D eigenvalue weighted by molar-refractivity contribution is -0.125. The molecule has 6 heteroatoms. The molecule has 0 bridgehead atoms. The summed E-state index contributed by atoms with van der Waals surface area (Å²) in [6.07, 6.45) is 3.11. The van der Waals surface area contributed by atoms with Crippen molar-refractivity contribution in [3.63, 3.8) is 0 Å². The van der Waals surface area contributed by atoms with Crippen molar-refractivity contribution in [2.24, 2.45) is 5.92 Å². The third-order valence-electron chi connectivity index (χ3n) is 5.35. The largest absolute Gasteiger partial charge is 0.369 e. The summed E-state index contributed by atoms with van der Waals surface area (Å²) in [4.78, 5) is 18.9. The molecule has 0 saturated carbocycles. The molecule has 1 fully saturated rings. The Morgan fingerprint density at radius 3 is 2.68 bits per heavy atom. The SMILES string of the molecule is CC(C)(CNC(=O)C1CCN(c2ccc(C#N)cc2F)CC1)c1ccccn1. The van der Waals surface area contributed by atoms with Crippen LogP contribution in [0.4, 0.5) is 10.1 Å². The van der Waals surface area contributed by atoms with E-state index in [1.54, 1.807) is 18.3 Å². The lowest BCUT2D eigenvalue weighted by Crippen LogP contribution is -2.44. The van der Waals surface area contributed by atoms with Crippen LogP contribution < -0.4 is 10.2 Å². The van der Waals surface area contributed by atoms with E-state index in [9.17, 15) is 9.18 Å². The van der Waals surface area contributed by atoms with Crippen molar-refractivity contribution < 1.29 is 9.18 Å². The van der Waals surface area contributed by atoms with Gasteiger partial charge >= 0.3 is 0 Å². The van der Waals surface area contributed by atoms with Crippen molar-refractivity contribution in [1.29, 1.82) is 5.26 Å². The molecule has 2 heterocycles. The second kappa shape index (κ2) is 8.39. The summed E-state index contributed by atoms with van der Waals surface area (Å²) in [6, 6.07) is 12.3. The van der Waals surface area contributed by atoms with Gasteiger partial charge in [0.1, 0.15) is 5.82 Å². The topological polar surface area (TPSA) is 69.0 Å². The molecule has 0 spiro atoms. The van der Waals surface area contributed by atoms with E-state index in [2.05, 4.69) is 24.1 Å². The van der Waals surface area contributed by atoms with Crippen LogP contribution in [0.5, 0.6) is 0 Å². The smallest absolute Gasteiger partial charge is 0.223 e. The molecule has 0 radical (unpaired) electrons. The standard InChI is InChI=1S/C22H25FN4O/c1-22(2,20-5-3-4-10-25-20)15-26-21(28)17-8-11-27(12-9-17)19-7-6-16(14-24)13-18(19)23/h3-7,10,13,17H,8-9,11-12,15H2,1-2H3,(H,26,28). The lowest BCUT2D eigenvalue weighted by Gasteiger charge is -2.34. The number of nitriles is 1. The van der Waals surface area contributed by atoms with Crippen LogP contribution in [-0.2, 0) is 10.2 Å². The Balaban J connectivity index is 1.53. The van der Waals surface area contributed by atoms with Gasteiger partial charge in [0.2, 0.25) is 5.91 Å². The average molecular weight is 380 g/mol. The van der Waals surface area contributed by atoms with Crippen molar-refractivity contribution >= 4 is 11.6 Å². The van der Waals surface area contributed by atoms with Gasteiger partial charge in [-0.05, 0) is 43.2 Å². The predicted octanol–water partition coefficient (Wildman–Crippen LogP) is 3.40. The highest BCUT2D eigenvalue weighted by molar-refractivity contribution is 5.79. The summed E-state index contributed by atoms with van der Waals surface area (Å²) in [6.45, 7) is 5.88. The first-order valence-electron chi connectivity index (χ1n) is 9.54. The zero-order valence-corrected chi connectivity index (χ0v) is 16.3. The molecule has 0 unspecified atom stereocenters. The summed E-state index contributed by atoms with van der Waals surface area (Å²) >= 11 is 0. The molecule has 0 aliphatic carbocycles. The second-order valence-corrected chi connectivity index (χ2v) is 7.86. The highest BCUT2D eigenvalue weighted by Crippen LogP contribution is 2.27. The third kappa shape index (κ3) is 4.48. The minimum Gasteiger partial charge on any atom is -0.369 e. The Labute approximate surface area is 165 Å². The molecule has 1 aliphatic rings. The molecular weight excluding hydrogens is 355 g/mol. The molecule has 1 N–H and O–H groups in total. The van der Waals surface area contributed by atoms with Crippen molar-refractivity contribution in [3.05, 3.63) is 59.7 Å². The number of benzene rings is 1. The fraction of sp³-hybridized carbons (Fsp3) is 0.409. The number of carbonyl (C=O) groups is 1. The van der Waals surface area contributed by atoms with Crippen molar-refractivity contribution in [2.45, 2.75) is 32.1 Å². The molecule has 1 aromatic heterocycles. The maximum Gasteiger partial charge on any atom is 0.223 e. The van der Waals surface area contributed by atoms with Gasteiger partial charge in [-0.1, -0.05) is 19.9 Å². The molecule has 1 aromatic carbocycles. The van der Waals surface area contributed by atoms with Crippen molar-refractivity contribution in [3.8, 4) is 6.07 Å². The zero-order valence-electron chi connectivity index (χ0n) is 16.3. The number of amides is 1. The Kier molecular flexibility index (Phi) is 5.93. The third-order valence-corrected chi connectivity index (χ3v) is 5.35. The van der Waals surface area contributed by atoms with Gasteiger partial charge in [-0.25, -0.2) is 4.39 Å². The number of hydrogen-bond acceptors (Lipinski definition) is 4. The molecule has 0 atom stereocenters. The number of pyridine rings is 1. The number of nitrogens with zero attached hydrogens (tertiary/aromatic N) is 3. The Hall–Kier alpha value is -2.94. The van der Waals surface area contributed by atoms with Gasteiger partial charge in [-0.15, -0.1) is 0 Å². The quantitative estimate of drug-likeness (QED) is 0.863. The van der Waals surface area contributed by atoms with Crippen LogP contribution in [0.25, 0.3) is 0 Å². The number of halogens is 1. The maximum absolute atomic E-state index is 14.2. The van der Waals surface area contributed by atoms with Crippen LogP contribution in [0.15, 0.2) is 42.6 Å². The molecule has 1 aliphatic heterocycles. The van der Waals surface area contributed by atoms with E-state index in [-0.39, 0.29) is 23.1 Å². The molecule has 28 heavy (non-hydrogen) atoms. The number of piperidine rings is 1. The number of nitrogens with one attached hydrogen (secondary N) is 1. The summed E-state index contributed by atoms with van der Waals surface area (Å²) in [5.74, 6) is -0.416. The van der Waals surface area contributed by atoms with Crippen LogP contribution in [0.2, 0.25) is 0 Å². The average Bonchev–Trinajstić information content (AvgIpc) is 2.73. The van der Waals surface area contributed by atoms with E-state index >= 15 is 0 Å². The number of rotatable bonds is 5. The maximum atomic E-state index is 14.2. The summed E-state index contributed by atoms with van der Waals surface area (Å²) in [7, 11) is 0. The molecule has 2 aromatic rings. The Bertz CT molecular complexity index is 868. The highest BCUT2D eigenvalue weighted by atomic mass is 19.1. The van der Waals surface area contributed by atoms with Gasteiger partial charge in [0.25, 0.3) is 0 Å². The van der Waals surface area contributed by atoms with E-state index in [1.165, 1.54) is 6.07 Å².